The SMILES string of the molecule is CC(C)CN(C1CCCC1)S(=O)(=O)c1ccc(O)cc1. The second kappa shape index (κ2) is 6.14. The summed E-state index contributed by atoms with van der Waals surface area (Å²) in [5.74, 6) is 0.378. The Bertz CT molecular complexity index is 531. The van der Waals surface area contributed by atoms with Gasteiger partial charge in [-0.1, -0.05) is 26.7 Å². The standard InChI is InChI=1S/C15H23NO3S/c1-12(2)11-16(13-5-3-4-6-13)20(18,19)15-9-7-14(17)8-10-15/h7-10,12-13,17H,3-6,11H2,1-2H3. The molecule has 1 saturated carbocycles. The smallest absolute Gasteiger partial charge is 0.243 e. The molecule has 0 bridgehead atoms. The van der Waals surface area contributed by atoms with Crippen LogP contribution in [0.15, 0.2) is 29.2 Å². The first-order chi connectivity index (χ1) is 9.41. The molecule has 0 unspecified atom stereocenters. The zero-order valence-electron chi connectivity index (χ0n) is 12.1. The molecule has 0 spiro atoms. The van der Waals surface area contributed by atoms with Gasteiger partial charge in [0.1, 0.15) is 5.75 Å². The maximum Gasteiger partial charge on any atom is 0.243 e. The van der Waals surface area contributed by atoms with Crippen LogP contribution in [0, 0.1) is 5.92 Å². The molecule has 0 atom stereocenters. The highest BCUT2D eigenvalue weighted by molar-refractivity contribution is 7.89. The predicted molar refractivity (Wildman–Crippen MR) is 79.1 cm³/mol. The molecular weight excluding hydrogens is 274 g/mol. The fraction of sp³-hybridized carbons (Fsp3) is 0.600. The maximum atomic E-state index is 12.8. The average molecular weight is 297 g/mol. The Morgan fingerprint density at radius 3 is 2.25 bits per heavy atom. The van der Waals surface area contributed by atoms with Crippen LogP contribution in [-0.2, 0) is 10.0 Å². The van der Waals surface area contributed by atoms with E-state index in [2.05, 4.69) is 0 Å². The molecule has 0 aromatic heterocycles. The normalized spacial score (nSPS) is 17.2. The van der Waals surface area contributed by atoms with Crippen molar-refractivity contribution in [1.82, 2.24) is 4.31 Å². The number of hydrogen-bond donors (Lipinski definition) is 1. The molecule has 0 heterocycles. The van der Waals surface area contributed by atoms with Crippen LogP contribution < -0.4 is 0 Å². The van der Waals surface area contributed by atoms with E-state index in [1.54, 1.807) is 4.31 Å². The van der Waals surface area contributed by atoms with Crippen molar-refractivity contribution in [3.8, 4) is 5.75 Å². The van der Waals surface area contributed by atoms with Crippen molar-refractivity contribution in [1.29, 1.82) is 0 Å². The monoisotopic (exact) mass is 297 g/mol. The van der Waals surface area contributed by atoms with Crippen LogP contribution in [0.3, 0.4) is 0 Å². The summed E-state index contributed by atoms with van der Waals surface area (Å²) in [5, 5.41) is 9.31. The summed E-state index contributed by atoms with van der Waals surface area (Å²) in [6.07, 6.45) is 4.10. The molecular formula is C15H23NO3S. The first-order valence-corrected chi connectivity index (χ1v) is 8.66. The van der Waals surface area contributed by atoms with Crippen LogP contribution in [0.1, 0.15) is 39.5 Å². The number of aromatic hydroxyl groups is 1. The van der Waals surface area contributed by atoms with Crippen LogP contribution in [0.5, 0.6) is 5.75 Å². The van der Waals surface area contributed by atoms with Gasteiger partial charge in [-0.3, -0.25) is 0 Å². The van der Waals surface area contributed by atoms with E-state index in [0.29, 0.717) is 12.5 Å². The van der Waals surface area contributed by atoms with Crippen LogP contribution in [0.4, 0.5) is 0 Å². The number of phenolic OH excluding ortho intramolecular Hbond substituents is 1. The van der Waals surface area contributed by atoms with Crippen LogP contribution in [-0.4, -0.2) is 30.4 Å². The van der Waals surface area contributed by atoms with Crippen molar-refractivity contribution in [2.75, 3.05) is 6.54 Å². The molecule has 1 aliphatic carbocycles. The van der Waals surface area contributed by atoms with Gasteiger partial charge in [-0.2, -0.15) is 4.31 Å². The Morgan fingerprint density at radius 1 is 1.20 bits per heavy atom. The molecule has 1 aromatic rings. The van der Waals surface area contributed by atoms with Crippen molar-refractivity contribution in [2.24, 2.45) is 5.92 Å². The first kappa shape index (κ1) is 15.3. The Balaban J connectivity index is 2.32. The minimum atomic E-state index is -3.47. The lowest BCUT2D eigenvalue weighted by Crippen LogP contribution is -2.41. The molecule has 1 aromatic carbocycles. The van der Waals surface area contributed by atoms with Crippen LogP contribution in [0.25, 0.3) is 0 Å². The third-order valence-electron chi connectivity index (χ3n) is 3.72. The van der Waals surface area contributed by atoms with Crippen molar-refractivity contribution < 1.29 is 13.5 Å². The largest absolute Gasteiger partial charge is 0.508 e. The summed E-state index contributed by atoms with van der Waals surface area (Å²) in [7, 11) is -3.47. The number of hydrogen-bond acceptors (Lipinski definition) is 3. The maximum absolute atomic E-state index is 12.8. The molecule has 1 aliphatic rings. The lowest BCUT2D eigenvalue weighted by atomic mass is 10.2. The first-order valence-electron chi connectivity index (χ1n) is 7.22. The predicted octanol–water partition coefficient (Wildman–Crippen LogP) is 2.98. The van der Waals surface area contributed by atoms with E-state index >= 15 is 0 Å². The van der Waals surface area contributed by atoms with Crippen LogP contribution >= 0.6 is 0 Å². The molecule has 0 amide bonds. The number of benzene rings is 1. The molecule has 0 saturated heterocycles. The third kappa shape index (κ3) is 3.33. The minimum Gasteiger partial charge on any atom is -0.508 e. The molecule has 2 rings (SSSR count). The molecule has 20 heavy (non-hydrogen) atoms. The van der Waals surface area contributed by atoms with Gasteiger partial charge >= 0.3 is 0 Å². The van der Waals surface area contributed by atoms with Crippen molar-refractivity contribution in [3.63, 3.8) is 0 Å². The van der Waals surface area contributed by atoms with E-state index in [1.165, 1.54) is 24.3 Å². The van der Waals surface area contributed by atoms with Crippen molar-refractivity contribution in [3.05, 3.63) is 24.3 Å². The topological polar surface area (TPSA) is 57.6 Å². The van der Waals surface area contributed by atoms with Crippen molar-refractivity contribution in [2.45, 2.75) is 50.5 Å². The fourth-order valence-corrected chi connectivity index (χ4v) is 4.60. The average Bonchev–Trinajstić information content (AvgIpc) is 2.89. The highest BCUT2D eigenvalue weighted by Crippen LogP contribution is 2.29. The van der Waals surface area contributed by atoms with Crippen molar-refractivity contribution >= 4 is 10.0 Å². The summed E-state index contributed by atoms with van der Waals surface area (Å²) in [6.45, 7) is 4.62. The third-order valence-corrected chi connectivity index (χ3v) is 5.65. The molecule has 1 fully saturated rings. The van der Waals surface area contributed by atoms with Crippen LogP contribution in [0.2, 0.25) is 0 Å². The Labute approximate surface area is 121 Å². The molecule has 1 N–H and O–H groups in total. The highest BCUT2D eigenvalue weighted by atomic mass is 32.2. The molecule has 5 heteroatoms. The van der Waals surface area contributed by atoms with E-state index < -0.39 is 10.0 Å². The summed E-state index contributed by atoms with van der Waals surface area (Å²) < 4.78 is 27.3. The van der Waals surface area contributed by atoms with Gasteiger partial charge < -0.3 is 5.11 Å². The van der Waals surface area contributed by atoms with Gasteiger partial charge in [0, 0.05) is 12.6 Å². The number of nitrogens with zero attached hydrogens (tertiary/aromatic N) is 1. The number of sulfonamides is 1. The van der Waals surface area contributed by atoms with Gasteiger partial charge in [0.05, 0.1) is 4.90 Å². The van der Waals surface area contributed by atoms with E-state index in [0.717, 1.165) is 25.7 Å². The van der Waals surface area contributed by atoms with Gasteiger partial charge in [0.25, 0.3) is 0 Å². The van der Waals surface area contributed by atoms with Gasteiger partial charge in [0.2, 0.25) is 10.0 Å². The molecule has 0 aliphatic heterocycles. The number of rotatable bonds is 5. The fourth-order valence-electron chi connectivity index (χ4n) is 2.75. The molecule has 4 nitrogen and oxygen atoms in total. The second-order valence-corrected chi connectivity index (χ2v) is 7.79. The molecule has 112 valence electrons. The highest BCUT2D eigenvalue weighted by Gasteiger charge is 2.33. The Kier molecular flexibility index (Phi) is 4.70. The second-order valence-electron chi connectivity index (χ2n) is 5.90. The quantitative estimate of drug-likeness (QED) is 0.909. The van der Waals surface area contributed by atoms with E-state index in [4.69, 9.17) is 0 Å². The molecule has 0 radical (unpaired) electrons. The Morgan fingerprint density at radius 2 is 1.75 bits per heavy atom. The Hall–Kier alpha value is -1.07. The summed E-state index contributed by atoms with van der Waals surface area (Å²) >= 11 is 0. The van der Waals surface area contributed by atoms with Gasteiger partial charge in [0.15, 0.2) is 0 Å². The minimum absolute atomic E-state index is 0.0835. The zero-order valence-corrected chi connectivity index (χ0v) is 12.9. The summed E-state index contributed by atoms with van der Waals surface area (Å²) in [6, 6.07) is 5.93. The zero-order chi connectivity index (χ0) is 14.8. The lowest BCUT2D eigenvalue weighted by Gasteiger charge is -2.29. The number of phenols is 1. The van der Waals surface area contributed by atoms with E-state index in [1.807, 2.05) is 13.8 Å². The summed E-state index contributed by atoms with van der Waals surface area (Å²) in [5.41, 5.74) is 0. The lowest BCUT2D eigenvalue weighted by molar-refractivity contribution is 0.292. The van der Waals surface area contributed by atoms with Gasteiger partial charge in [-0.15, -0.1) is 0 Å². The van der Waals surface area contributed by atoms with E-state index in [-0.39, 0.29) is 16.7 Å². The summed E-state index contributed by atoms with van der Waals surface area (Å²) in [4.78, 5) is 0.267. The van der Waals surface area contributed by atoms with Gasteiger partial charge in [-0.25, -0.2) is 8.42 Å². The van der Waals surface area contributed by atoms with Gasteiger partial charge in [-0.05, 0) is 43.0 Å². The van der Waals surface area contributed by atoms with E-state index in [9.17, 15) is 13.5 Å².